The molecule has 0 saturated heterocycles. The van der Waals surface area contributed by atoms with Crippen LogP contribution in [0.2, 0.25) is 0 Å². The van der Waals surface area contributed by atoms with Gasteiger partial charge in [-0.25, -0.2) is 4.39 Å². The maximum absolute atomic E-state index is 13.2. The number of benzene rings is 1. The van der Waals surface area contributed by atoms with Gasteiger partial charge in [0.25, 0.3) is 0 Å². The first kappa shape index (κ1) is 9.99. The van der Waals surface area contributed by atoms with E-state index < -0.39 is 0 Å². The third-order valence-corrected chi connectivity index (χ3v) is 1.88. The summed E-state index contributed by atoms with van der Waals surface area (Å²) in [5, 5.41) is 8.62. The fourth-order valence-corrected chi connectivity index (χ4v) is 1.23. The Kier molecular flexibility index (Phi) is 3.71. The molecule has 0 spiro atoms. The number of rotatable bonds is 4. The first-order chi connectivity index (χ1) is 6.29. The molecule has 0 amide bonds. The molecule has 0 heterocycles. The van der Waals surface area contributed by atoms with Crippen LogP contribution in [0, 0.1) is 5.82 Å². The normalized spacial score (nSPS) is 10.1. The monoisotopic (exact) mass is 184 g/mol. The zero-order valence-electron chi connectivity index (χ0n) is 7.59. The highest BCUT2D eigenvalue weighted by Crippen LogP contribution is 2.22. The fourth-order valence-electron chi connectivity index (χ4n) is 1.23. The van der Waals surface area contributed by atoms with Crippen molar-refractivity contribution in [3.8, 4) is 5.75 Å². The van der Waals surface area contributed by atoms with E-state index in [1.807, 2.05) is 0 Å². The van der Waals surface area contributed by atoms with Gasteiger partial charge in [0.1, 0.15) is 11.6 Å². The lowest BCUT2D eigenvalue weighted by Crippen LogP contribution is -1.97. The summed E-state index contributed by atoms with van der Waals surface area (Å²) >= 11 is 0. The van der Waals surface area contributed by atoms with Crippen molar-refractivity contribution < 1.29 is 14.2 Å². The summed E-state index contributed by atoms with van der Waals surface area (Å²) < 4.78 is 18.2. The van der Waals surface area contributed by atoms with E-state index in [0.717, 1.165) is 0 Å². The van der Waals surface area contributed by atoms with Gasteiger partial charge in [-0.2, -0.15) is 0 Å². The first-order valence-electron chi connectivity index (χ1n) is 4.22. The van der Waals surface area contributed by atoms with Crippen molar-refractivity contribution in [2.75, 3.05) is 13.7 Å². The molecule has 0 unspecified atom stereocenters. The Labute approximate surface area is 77.0 Å². The molecule has 0 bridgehead atoms. The highest BCUT2D eigenvalue weighted by Gasteiger charge is 2.07. The molecule has 0 fully saturated rings. The van der Waals surface area contributed by atoms with Gasteiger partial charge in [0.15, 0.2) is 0 Å². The van der Waals surface area contributed by atoms with Crippen LogP contribution in [-0.4, -0.2) is 18.8 Å². The molecule has 3 heteroatoms. The number of hydrogen-bond acceptors (Lipinski definition) is 2. The molecule has 0 aliphatic heterocycles. The van der Waals surface area contributed by atoms with Gasteiger partial charge in [0, 0.05) is 12.2 Å². The Hall–Kier alpha value is -1.09. The minimum Gasteiger partial charge on any atom is -0.496 e. The predicted molar refractivity (Wildman–Crippen MR) is 48.4 cm³/mol. The van der Waals surface area contributed by atoms with Gasteiger partial charge in [-0.15, -0.1) is 0 Å². The second kappa shape index (κ2) is 4.82. The molecule has 1 aromatic rings. The Morgan fingerprint density at radius 3 is 2.85 bits per heavy atom. The lowest BCUT2D eigenvalue weighted by Gasteiger charge is -2.07. The SMILES string of the molecule is COc1cccc(F)c1CCCO. The van der Waals surface area contributed by atoms with Gasteiger partial charge in [-0.3, -0.25) is 0 Å². The van der Waals surface area contributed by atoms with E-state index in [4.69, 9.17) is 9.84 Å². The molecular formula is C10H13FO2. The van der Waals surface area contributed by atoms with Crippen LogP contribution in [0.15, 0.2) is 18.2 Å². The number of methoxy groups -OCH3 is 1. The van der Waals surface area contributed by atoms with E-state index in [1.165, 1.54) is 13.2 Å². The Bertz CT molecular complexity index is 274. The predicted octanol–water partition coefficient (Wildman–Crippen LogP) is 1.76. The van der Waals surface area contributed by atoms with Gasteiger partial charge in [0.2, 0.25) is 0 Å². The maximum Gasteiger partial charge on any atom is 0.130 e. The number of aliphatic hydroxyl groups is 1. The maximum atomic E-state index is 13.2. The van der Waals surface area contributed by atoms with Crippen LogP contribution in [-0.2, 0) is 6.42 Å². The molecule has 2 nitrogen and oxygen atoms in total. The Balaban J connectivity index is 2.87. The van der Waals surface area contributed by atoms with E-state index in [9.17, 15) is 4.39 Å². The Morgan fingerprint density at radius 1 is 1.46 bits per heavy atom. The fraction of sp³-hybridized carbons (Fsp3) is 0.400. The molecule has 13 heavy (non-hydrogen) atoms. The van der Waals surface area contributed by atoms with Gasteiger partial charge in [-0.05, 0) is 25.0 Å². The highest BCUT2D eigenvalue weighted by molar-refractivity contribution is 5.34. The van der Waals surface area contributed by atoms with Gasteiger partial charge in [0.05, 0.1) is 7.11 Å². The summed E-state index contributed by atoms with van der Waals surface area (Å²) in [6, 6.07) is 4.72. The van der Waals surface area contributed by atoms with E-state index in [-0.39, 0.29) is 12.4 Å². The van der Waals surface area contributed by atoms with Crippen molar-refractivity contribution in [1.82, 2.24) is 0 Å². The Morgan fingerprint density at radius 2 is 2.23 bits per heavy atom. The standard InChI is InChI=1S/C10H13FO2/c1-13-10-6-2-5-9(11)8(10)4-3-7-12/h2,5-6,12H,3-4,7H2,1H3. The number of ether oxygens (including phenoxy) is 1. The van der Waals surface area contributed by atoms with Gasteiger partial charge >= 0.3 is 0 Å². The van der Waals surface area contributed by atoms with Crippen LogP contribution >= 0.6 is 0 Å². The average molecular weight is 184 g/mol. The lowest BCUT2D eigenvalue weighted by molar-refractivity contribution is 0.287. The largest absolute Gasteiger partial charge is 0.496 e. The molecule has 0 aromatic heterocycles. The van der Waals surface area contributed by atoms with Crippen LogP contribution in [0.1, 0.15) is 12.0 Å². The molecule has 0 aliphatic carbocycles. The van der Waals surface area contributed by atoms with Crippen LogP contribution < -0.4 is 4.74 Å². The van der Waals surface area contributed by atoms with Crippen LogP contribution in [0.5, 0.6) is 5.75 Å². The second-order valence-electron chi connectivity index (χ2n) is 2.75. The summed E-state index contributed by atoms with van der Waals surface area (Å²) in [5.74, 6) is 0.279. The molecule has 0 saturated carbocycles. The van der Waals surface area contributed by atoms with Gasteiger partial charge < -0.3 is 9.84 Å². The minimum atomic E-state index is -0.271. The van der Waals surface area contributed by atoms with E-state index in [0.29, 0.717) is 24.2 Å². The van der Waals surface area contributed by atoms with Crippen LogP contribution in [0.25, 0.3) is 0 Å². The third-order valence-electron chi connectivity index (χ3n) is 1.88. The zero-order chi connectivity index (χ0) is 9.68. The molecule has 1 rings (SSSR count). The molecule has 1 N–H and O–H groups in total. The molecule has 1 aromatic carbocycles. The van der Waals surface area contributed by atoms with E-state index in [1.54, 1.807) is 12.1 Å². The van der Waals surface area contributed by atoms with E-state index in [2.05, 4.69) is 0 Å². The first-order valence-corrected chi connectivity index (χ1v) is 4.22. The van der Waals surface area contributed by atoms with Crippen LogP contribution in [0.3, 0.4) is 0 Å². The van der Waals surface area contributed by atoms with Crippen molar-refractivity contribution in [2.24, 2.45) is 0 Å². The van der Waals surface area contributed by atoms with E-state index >= 15 is 0 Å². The van der Waals surface area contributed by atoms with Crippen molar-refractivity contribution in [3.63, 3.8) is 0 Å². The van der Waals surface area contributed by atoms with Crippen molar-refractivity contribution in [3.05, 3.63) is 29.6 Å². The number of halogens is 1. The topological polar surface area (TPSA) is 29.5 Å². The smallest absolute Gasteiger partial charge is 0.130 e. The average Bonchev–Trinajstić information content (AvgIpc) is 2.15. The molecule has 0 atom stereocenters. The molecule has 72 valence electrons. The zero-order valence-corrected chi connectivity index (χ0v) is 7.59. The third kappa shape index (κ3) is 2.42. The van der Waals surface area contributed by atoms with Crippen molar-refractivity contribution in [1.29, 1.82) is 0 Å². The quantitative estimate of drug-likeness (QED) is 0.772. The summed E-state index contributed by atoms with van der Waals surface area (Å²) in [6.45, 7) is 0.0670. The molecule has 0 aliphatic rings. The summed E-state index contributed by atoms with van der Waals surface area (Å²) in [4.78, 5) is 0. The van der Waals surface area contributed by atoms with Crippen molar-refractivity contribution >= 4 is 0 Å². The second-order valence-corrected chi connectivity index (χ2v) is 2.75. The number of hydrogen-bond donors (Lipinski definition) is 1. The van der Waals surface area contributed by atoms with Crippen molar-refractivity contribution in [2.45, 2.75) is 12.8 Å². The summed E-state index contributed by atoms with van der Waals surface area (Å²) in [6.07, 6.45) is 1.06. The lowest BCUT2D eigenvalue weighted by atomic mass is 10.1. The van der Waals surface area contributed by atoms with Gasteiger partial charge in [-0.1, -0.05) is 6.07 Å². The van der Waals surface area contributed by atoms with Crippen LogP contribution in [0.4, 0.5) is 4.39 Å². The number of aliphatic hydroxyl groups excluding tert-OH is 1. The minimum absolute atomic E-state index is 0.0670. The highest BCUT2D eigenvalue weighted by atomic mass is 19.1. The summed E-state index contributed by atoms with van der Waals surface area (Å²) in [5.41, 5.74) is 0.541. The molecule has 0 radical (unpaired) electrons. The summed E-state index contributed by atoms with van der Waals surface area (Å²) in [7, 11) is 1.51. The molecular weight excluding hydrogens is 171 g/mol.